The monoisotopic (exact) mass is 314 g/mol. The SMILES string of the molecule is CC(C)(c1ccc(C(=O)O)c(N)c1)c1ccc(C(=O)O)c(N)c1. The number of anilines is 2. The summed E-state index contributed by atoms with van der Waals surface area (Å²) in [4.78, 5) is 22.1. The van der Waals surface area contributed by atoms with Crippen LogP contribution in [-0.4, -0.2) is 22.2 Å². The molecule has 0 aliphatic rings. The second kappa shape index (κ2) is 5.64. The molecule has 0 radical (unpaired) electrons. The van der Waals surface area contributed by atoms with Gasteiger partial charge >= 0.3 is 11.9 Å². The third-order valence-electron chi connectivity index (χ3n) is 4.01. The highest BCUT2D eigenvalue weighted by atomic mass is 16.4. The summed E-state index contributed by atoms with van der Waals surface area (Å²) in [6.07, 6.45) is 0. The van der Waals surface area contributed by atoms with Gasteiger partial charge in [-0.25, -0.2) is 9.59 Å². The smallest absolute Gasteiger partial charge is 0.337 e. The molecular formula is C17H18N2O4. The fraction of sp³-hybridized carbons (Fsp3) is 0.176. The Kier molecular flexibility index (Phi) is 4.01. The van der Waals surface area contributed by atoms with Gasteiger partial charge < -0.3 is 21.7 Å². The van der Waals surface area contributed by atoms with E-state index in [0.29, 0.717) is 0 Å². The van der Waals surface area contributed by atoms with Crippen molar-refractivity contribution in [2.75, 3.05) is 11.5 Å². The first-order valence-corrected chi connectivity index (χ1v) is 6.91. The molecule has 0 amide bonds. The molecule has 0 heterocycles. The number of aromatic carboxylic acids is 2. The summed E-state index contributed by atoms with van der Waals surface area (Å²) in [5.41, 5.74) is 13.2. The average Bonchev–Trinajstić information content (AvgIpc) is 2.46. The Balaban J connectivity index is 2.50. The van der Waals surface area contributed by atoms with E-state index in [9.17, 15) is 9.59 Å². The predicted molar refractivity (Wildman–Crippen MR) is 87.8 cm³/mol. The van der Waals surface area contributed by atoms with Crippen molar-refractivity contribution in [1.82, 2.24) is 0 Å². The molecule has 0 unspecified atom stereocenters. The van der Waals surface area contributed by atoms with Crippen molar-refractivity contribution in [2.45, 2.75) is 19.3 Å². The van der Waals surface area contributed by atoms with Crippen molar-refractivity contribution in [3.05, 3.63) is 58.7 Å². The molecule has 0 saturated heterocycles. The standard InChI is InChI=1S/C17H18N2O4/c1-17(2,9-3-5-11(15(20)21)13(18)7-9)10-4-6-12(16(22)23)14(19)8-10/h3-8H,18-19H2,1-2H3,(H,20,21)(H,22,23). The third-order valence-corrected chi connectivity index (χ3v) is 4.01. The Bertz CT molecular complexity index is 732. The normalized spacial score (nSPS) is 11.2. The third kappa shape index (κ3) is 2.96. The minimum absolute atomic E-state index is 0.0466. The van der Waals surface area contributed by atoms with Crippen LogP contribution in [0.2, 0.25) is 0 Å². The molecule has 2 aromatic rings. The Labute approximate surface area is 133 Å². The first-order chi connectivity index (χ1) is 10.6. The molecule has 23 heavy (non-hydrogen) atoms. The van der Waals surface area contributed by atoms with E-state index >= 15 is 0 Å². The van der Waals surface area contributed by atoms with Crippen molar-refractivity contribution in [3.8, 4) is 0 Å². The van der Waals surface area contributed by atoms with Crippen LogP contribution in [0.3, 0.4) is 0 Å². The lowest BCUT2D eigenvalue weighted by atomic mass is 9.77. The van der Waals surface area contributed by atoms with Crippen LogP contribution in [-0.2, 0) is 5.41 Å². The van der Waals surface area contributed by atoms with Gasteiger partial charge in [-0.3, -0.25) is 0 Å². The second-order valence-electron chi connectivity index (χ2n) is 5.84. The summed E-state index contributed by atoms with van der Waals surface area (Å²) in [5, 5.41) is 18.1. The van der Waals surface area contributed by atoms with Crippen LogP contribution in [0.5, 0.6) is 0 Å². The zero-order valence-corrected chi connectivity index (χ0v) is 12.8. The van der Waals surface area contributed by atoms with E-state index in [2.05, 4.69) is 0 Å². The lowest BCUT2D eigenvalue weighted by Gasteiger charge is -2.27. The number of nitrogens with two attached hydrogens (primary N) is 2. The highest BCUT2D eigenvalue weighted by Gasteiger charge is 2.25. The van der Waals surface area contributed by atoms with Gasteiger partial charge in [0.15, 0.2) is 0 Å². The van der Waals surface area contributed by atoms with Gasteiger partial charge in [-0.15, -0.1) is 0 Å². The molecule has 0 saturated carbocycles. The Morgan fingerprint density at radius 3 is 1.43 bits per heavy atom. The number of nitrogen functional groups attached to an aromatic ring is 2. The largest absolute Gasteiger partial charge is 0.478 e. The number of carboxylic acids is 2. The zero-order chi connectivity index (χ0) is 17.4. The molecule has 0 fully saturated rings. The molecule has 2 rings (SSSR count). The maximum absolute atomic E-state index is 11.0. The Morgan fingerprint density at radius 2 is 1.17 bits per heavy atom. The highest BCUT2D eigenvalue weighted by molar-refractivity contribution is 5.94. The molecule has 0 aromatic heterocycles. The lowest BCUT2D eigenvalue weighted by Crippen LogP contribution is -2.20. The fourth-order valence-corrected chi connectivity index (χ4v) is 2.46. The van der Waals surface area contributed by atoms with Crippen molar-refractivity contribution in [3.63, 3.8) is 0 Å². The van der Waals surface area contributed by atoms with Crippen molar-refractivity contribution < 1.29 is 19.8 Å². The topological polar surface area (TPSA) is 127 Å². The van der Waals surface area contributed by atoms with Crippen molar-refractivity contribution in [1.29, 1.82) is 0 Å². The maximum Gasteiger partial charge on any atom is 0.337 e. The van der Waals surface area contributed by atoms with E-state index in [-0.39, 0.29) is 22.5 Å². The average molecular weight is 314 g/mol. The first-order valence-electron chi connectivity index (χ1n) is 6.91. The van der Waals surface area contributed by atoms with Crippen molar-refractivity contribution in [2.24, 2.45) is 0 Å². The van der Waals surface area contributed by atoms with Crippen LogP contribution in [0.15, 0.2) is 36.4 Å². The van der Waals surface area contributed by atoms with Gasteiger partial charge in [0.1, 0.15) is 0 Å². The number of rotatable bonds is 4. The predicted octanol–water partition coefficient (Wildman–Crippen LogP) is 2.57. The summed E-state index contributed by atoms with van der Waals surface area (Å²) < 4.78 is 0. The van der Waals surface area contributed by atoms with Gasteiger partial charge in [0.2, 0.25) is 0 Å². The summed E-state index contributed by atoms with van der Waals surface area (Å²) in [6, 6.07) is 9.55. The van der Waals surface area contributed by atoms with Gasteiger partial charge in [0.25, 0.3) is 0 Å². The van der Waals surface area contributed by atoms with Gasteiger partial charge in [0.05, 0.1) is 11.1 Å². The van der Waals surface area contributed by atoms with Crippen LogP contribution < -0.4 is 11.5 Å². The summed E-state index contributed by atoms with van der Waals surface area (Å²) in [5.74, 6) is -2.16. The molecule has 6 N–H and O–H groups in total. The van der Waals surface area contributed by atoms with Crippen LogP contribution in [0.4, 0.5) is 11.4 Å². The second-order valence-corrected chi connectivity index (χ2v) is 5.84. The van der Waals surface area contributed by atoms with Crippen LogP contribution in [0.25, 0.3) is 0 Å². The molecule has 0 aliphatic heterocycles. The van der Waals surface area contributed by atoms with E-state index in [1.807, 2.05) is 13.8 Å². The molecule has 120 valence electrons. The van der Waals surface area contributed by atoms with E-state index in [0.717, 1.165) is 11.1 Å². The summed E-state index contributed by atoms with van der Waals surface area (Å²) in [7, 11) is 0. The number of hydrogen-bond donors (Lipinski definition) is 4. The summed E-state index contributed by atoms with van der Waals surface area (Å²) in [6.45, 7) is 3.86. The summed E-state index contributed by atoms with van der Waals surface area (Å²) >= 11 is 0. The zero-order valence-electron chi connectivity index (χ0n) is 12.8. The van der Waals surface area contributed by atoms with Gasteiger partial charge in [-0.1, -0.05) is 26.0 Å². The van der Waals surface area contributed by atoms with Gasteiger partial charge in [-0.2, -0.15) is 0 Å². The first kappa shape index (κ1) is 16.4. The number of carbonyl (C=O) groups is 2. The van der Waals surface area contributed by atoms with E-state index in [4.69, 9.17) is 21.7 Å². The lowest BCUT2D eigenvalue weighted by molar-refractivity contribution is 0.0687. The van der Waals surface area contributed by atoms with Gasteiger partial charge in [-0.05, 0) is 35.4 Å². The van der Waals surface area contributed by atoms with Crippen molar-refractivity contribution >= 4 is 23.3 Å². The van der Waals surface area contributed by atoms with Gasteiger partial charge in [0, 0.05) is 16.8 Å². The quantitative estimate of drug-likeness (QED) is 0.642. The van der Waals surface area contributed by atoms with Crippen LogP contribution >= 0.6 is 0 Å². The van der Waals surface area contributed by atoms with E-state index in [1.165, 1.54) is 12.1 Å². The Hall–Kier alpha value is -3.02. The molecule has 0 bridgehead atoms. The molecule has 6 nitrogen and oxygen atoms in total. The minimum Gasteiger partial charge on any atom is -0.478 e. The molecular weight excluding hydrogens is 296 g/mol. The molecule has 0 spiro atoms. The number of hydrogen-bond acceptors (Lipinski definition) is 4. The maximum atomic E-state index is 11.0. The number of benzene rings is 2. The molecule has 0 atom stereocenters. The van der Waals surface area contributed by atoms with E-state index < -0.39 is 17.4 Å². The fourth-order valence-electron chi connectivity index (χ4n) is 2.46. The minimum atomic E-state index is -1.08. The molecule has 2 aromatic carbocycles. The van der Waals surface area contributed by atoms with E-state index in [1.54, 1.807) is 24.3 Å². The number of carboxylic acid groups (broad SMARTS) is 2. The van der Waals surface area contributed by atoms with Crippen LogP contribution in [0.1, 0.15) is 45.7 Å². The highest BCUT2D eigenvalue weighted by Crippen LogP contribution is 2.34. The Morgan fingerprint density at radius 1 is 0.826 bits per heavy atom. The molecule has 0 aliphatic carbocycles. The van der Waals surface area contributed by atoms with Crippen LogP contribution in [0, 0.1) is 0 Å². The molecule has 6 heteroatoms.